The molecule has 6 heteroatoms. The van der Waals surface area contributed by atoms with E-state index in [4.69, 9.17) is 14.2 Å². The van der Waals surface area contributed by atoms with Crippen molar-refractivity contribution in [2.75, 3.05) is 13.2 Å². The van der Waals surface area contributed by atoms with Gasteiger partial charge in [0.2, 0.25) is 0 Å². The zero-order chi connectivity index (χ0) is 44.4. The third-order valence-electron chi connectivity index (χ3n) is 11.9. The largest absolute Gasteiger partial charge is 0.462 e. The fourth-order valence-electron chi connectivity index (χ4n) is 7.83. The molecule has 0 aromatic heterocycles. The molecule has 0 bridgehead atoms. The van der Waals surface area contributed by atoms with Crippen LogP contribution in [0.25, 0.3) is 0 Å². The van der Waals surface area contributed by atoms with E-state index >= 15 is 0 Å². The van der Waals surface area contributed by atoms with Gasteiger partial charge in [0, 0.05) is 19.3 Å². The molecule has 1 atom stereocenters. The van der Waals surface area contributed by atoms with Crippen molar-refractivity contribution < 1.29 is 28.6 Å². The van der Waals surface area contributed by atoms with Crippen LogP contribution in [0.3, 0.4) is 0 Å². The molecule has 0 aliphatic carbocycles. The number of hydrogen-bond acceptors (Lipinski definition) is 6. The van der Waals surface area contributed by atoms with Crippen LogP contribution < -0.4 is 0 Å². The predicted molar refractivity (Wildman–Crippen MR) is 261 cm³/mol. The number of esters is 3. The first kappa shape index (κ1) is 58.9. The molecule has 61 heavy (non-hydrogen) atoms. The fraction of sp³-hybridized carbons (Fsp3) is 0.873. The first-order valence-corrected chi connectivity index (χ1v) is 26.8. The highest BCUT2D eigenvalue weighted by atomic mass is 16.6. The number of carbonyl (C=O) groups is 3. The summed E-state index contributed by atoms with van der Waals surface area (Å²) in [4.78, 5) is 37.9. The molecule has 0 fully saturated rings. The second kappa shape index (κ2) is 50.5. The quantitative estimate of drug-likeness (QED) is 0.0262. The molecule has 0 N–H and O–H groups in total. The van der Waals surface area contributed by atoms with Crippen LogP contribution in [0.4, 0.5) is 0 Å². The van der Waals surface area contributed by atoms with Crippen molar-refractivity contribution >= 4 is 17.9 Å². The molecular formula is C55H102O6. The minimum atomic E-state index is -0.768. The molecule has 0 heterocycles. The van der Waals surface area contributed by atoms with Crippen molar-refractivity contribution in [3.63, 3.8) is 0 Å². The van der Waals surface area contributed by atoms with E-state index in [1.54, 1.807) is 0 Å². The van der Waals surface area contributed by atoms with Gasteiger partial charge in [-0.1, -0.05) is 231 Å². The van der Waals surface area contributed by atoms with Crippen molar-refractivity contribution in [3.8, 4) is 0 Å². The number of allylic oxidation sites excluding steroid dienone is 4. The van der Waals surface area contributed by atoms with Gasteiger partial charge in [-0.2, -0.15) is 0 Å². The summed E-state index contributed by atoms with van der Waals surface area (Å²) >= 11 is 0. The van der Waals surface area contributed by atoms with E-state index in [9.17, 15) is 14.4 Å². The molecule has 0 amide bonds. The van der Waals surface area contributed by atoms with Crippen molar-refractivity contribution in [1.82, 2.24) is 0 Å². The maximum atomic E-state index is 12.8. The molecule has 6 nitrogen and oxygen atoms in total. The monoisotopic (exact) mass is 859 g/mol. The van der Waals surface area contributed by atoms with Crippen molar-refractivity contribution in [1.29, 1.82) is 0 Å². The van der Waals surface area contributed by atoms with E-state index in [2.05, 4.69) is 45.1 Å². The van der Waals surface area contributed by atoms with Gasteiger partial charge in [0.15, 0.2) is 6.10 Å². The topological polar surface area (TPSA) is 78.9 Å². The van der Waals surface area contributed by atoms with Crippen LogP contribution in [0, 0.1) is 0 Å². The average molecular weight is 859 g/mol. The highest BCUT2D eigenvalue weighted by Crippen LogP contribution is 2.16. The van der Waals surface area contributed by atoms with Gasteiger partial charge < -0.3 is 14.2 Å². The first-order valence-electron chi connectivity index (χ1n) is 26.8. The molecule has 0 rings (SSSR count). The molecule has 0 unspecified atom stereocenters. The van der Waals surface area contributed by atoms with Crippen LogP contribution >= 0.6 is 0 Å². The summed E-state index contributed by atoms with van der Waals surface area (Å²) in [7, 11) is 0. The Morgan fingerprint density at radius 3 is 0.869 bits per heavy atom. The summed E-state index contributed by atoms with van der Waals surface area (Å²) < 4.78 is 16.8. The van der Waals surface area contributed by atoms with Crippen molar-refractivity contribution in [2.45, 2.75) is 297 Å². The summed E-state index contributed by atoms with van der Waals surface area (Å²) in [5.41, 5.74) is 0. The van der Waals surface area contributed by atoms with E-state index in [-0.39, 0.29) is 31.1 Å². The Balaban J connectivity index is 4.22. The molecular weight excluding hydrogens is 757 g/mol. The van der Waals surface area contributed by atoms with E-state index < -0.39 is 6.10 Å². The predicted octanol–water partition coefficient (Wildman–Crippen LogP) is 17.5. The molecule has 0 saturated carbocycles. The van der Waals surface area contributed by atoms with Crippen LogP contribution in [-0.2, 0) is 28.6 Å². The van der Waals surface area contributed by atoms with Crippen LogP contribution in [0.15, 0.2) is 24.3 Å². The van der Waals surface area contributed by atoms with E-state index in [0.717, 1.165) is 64.2 Å². The van der Waals surface area contributed by atoms with Crippen molar-refractivity contribution in [3.05, 3.63) is 24.3 Å². The molecule has 358 valence electrons. The lowest BCUT2D eigenvalue weighted by Gasteiger charge is -2.18. The maximum Gasteiger partial charge on any atom is 0.306 e. The Labute approximate surface area is 379 Å². The second-order valence-corrected chi connectivity index (χ2v) is 18.1. The normalized spacial score (nSPS) is 12.1. The molecule has 0 radical (unpaired) electrons. The summed E-state index contributed by atoms with van der Waals surface area (Å²) in [5.74, 6) is -0.869. The summed E-state index contributed by atoms with van der Waals surface area (Å²) in [6.07, 6.45) is 57.4. The number of rotatable bonds is 49. The molecule has 0 aromatic carbocycles. The zero-order valence-corrected chi connectivity index (χ0v) is 40.9. The number of ether oxygens (including phenoxy) is 3. The highest BCUT2D eigenvalue weighted by Gasteiger charge is 2.19. The molecule has 0 saturated heterocycles. The summed E-state index contributed by atoms with van der Waals surface area (Å²) in [5, 5.41) is 0. The van der Waals surface area contributed by atoms with Gasteiger partial charge in [-0.05, 0) is 64.2 Å². The van der Waals surface area contributed by atoms with Crippen LogP contribution in [0.2, 0.25) is 0 Å². The fourth-order valence-corrected chi connectivity index (χ4v) is 7.83. The third kappa shape index (κ3) is 48.8. The lowest BCUT2D eigenvalue weighted by molar-refractivity contribution is -0.167. The zero-order valence-electron chi connectivity index (χ0n) is 40.9. The van der Waals surface area contributed by atoms with E-state index in [1.807, 2.05) is 0 Å². The SMILES string of the molecule is CCCC/C=C\CCCCCCCC(=O)OC[C@@H](COC(=O)CCCCCCCCCCCCC/C=C\CCCCCCCC)OC(=O)CCCCCCCCCCCCC. The minimum absolute atomic E-state index is 0.0705. The molecule has 0 aliphatic rings. The summed E-state index contributed by atoms with van der Waals surface area (Å²) in [6.45, 7) is 6.61. The number of unbranched alkanes of at least 4 members (excludes halogenated alkanes) is 34. The summed E-state index contributed by atoms with van der Waals surface area (Å²) in [6, 6.07) is 0. The van der Waals surface area contributed by atoms with Crippen molar-refractivity contribution in [2.24, 2.45) is 0 Å². The van der Waals surface area contributed by atoms with E-state index in [0.29, 0.717) is 19.3 Å². The van der Waals surface area contributed by atoms with E-state index in [1.165, 1.54) is 186 Å². The highest BCUT2D eigenvalue weighted by molar-refractivity contribution is 5.71. The standard InChI is InChI=1S/C55H102O6/c1-4-7-10-13-16-19-22-23-24-25-26-27-28-29-30-31-34-36-39-42-45-48-54(57)60-51-52(61-55(58)49-46-43-40-37-33-21-18-15-12-9-6-3)50-59-53(56)47-44-41-38-35-32-20-17-14-11-8-5-2/h14,17,23-24,52H,4-13,15-16,18-22,25-51H2,1-3H3/b17-14-,24-23-/t52-/m0/s1. The van der Waals surface area contributed by atoms with Crippen LogP contribution in [0.1, 0.15) is 290 Å². The smallest absolute Gasteiger partial charge is 0.306 e. The van der Waals surface area contributed by atoms with Gasteiger partial charge >= 0.3 is 17.9 Å². The first-order chi connectivity index (χ1) is 30.0. The lowest BCUT2D eigenvalue weighted by atomic mass is 10.0. The number of carbonyl (C=O) groups excluding carboxylic acids is 3. The second-order valence-electron chi connectivity index (χ2n) is 18.1. The number of hydrogen-bond donors (Lipinski definition) is 0. The lowest BCUT2D eigenvalue weighted by Crippen LogP contribution is -2.30. The van der Waals surface area contributed by atoms with Gasteiger partial charge in [-0.25, -0.2) is 0 Å². The Hall–Kier alpha value is -2.11. The molecule has 0 aliphatic heterocycles. The van der Waals surface area contributed by atoms with Crippen LogP contribution in [-0.4, -0.2) is 37.2 Å². The maximum absolute atomic E-state index is 12.8. The molecule has 0 aromatic rings. The van der Waals surface area contributed by atoms with Crippen LogP contribution in [0.5, 0.6) is 0 Å². The average Bonchev–Trinajstić information content (AvgIpc) is 3.26. The van der Waals surface area contributed by atoms with Gasteiger partial charge in [-0.3, -0.25) is 14.4 Å². The Morgan fingerprint density at radius 1 is 0.311 bits per heavy atom. The van der Waals surface area contributed by atoms with Gasteiger partial charge in [0.25, 0.3) is 0 Å². The van der Waals surface area contributed by atoms with Gasteiger partial charge in [-0.15, -0.1) is 0 Å². The minimum Gasteiger partial charge on any atom is -0.462 e. The van der Waals surface area contributed by atoms with Gasteiger partial charge in [0.1, 0.15) is 13.2 Å². The molecule has 0 spiro atoms. The Bertz CT molecular complexity index is 989. The van der Waals surface area contributed by atoms with Gasteiger partial charge in [0.05, 0.1) is 0 Å². The Kier molecular flexibility index (Phi) is 48.8. The third-order valence-corrected chi connectivity index (χ3v) is 11.9. The Morgan fingerprint density at radius 2 is 0.557 bits per heavy atom.